The van der Waals surface area contributed by atoms with Crippen molar-refractivity contribution in [2.45, 2.75) is 0 Å². The molecule has 0 aromatic heterocycles. The van der Waals surface area contributed by atoms with Gasteiger partial charge in [0.25, 0.3) is 0 Å². The standard InChI is InChI=1S/C19H13BrO.C12H8Br2.C7H5N/c20-18-11-5-9-16(13-18)15-8-4-10-17(12-15)19(21)14-6-2-1-3-7-14;13-11-5-1-3-9(7-11)10-4-2-6-12(14)8-10;8-6-7-4-2-1-3-5-7/h1-13H;1-8H;1-5H. The number of hydrogen-bond acceptors (Lipinski definition) is 2. The summed E-state index contributed by atoms with van der Waals surface area (Å²) >= 11 is 10.4. The molecule has 0 spiro atoms. The van der Waals surface area contributed by atoms with Crippen molar-refractivity contribution in [3.8, 4) is 28.3 Å². The quantitative estimate of drug-likeness (QED) is 0.168. The second-order valence-corrected chi connectivity index (χ2v) is 12.0. The smallest absolute Gasteiger partial charge is 0.193 e. The van der Waals surface area contributed by atoms with E-state index in [1.54, 1.807) is 12.1 Å². The molecular formula is C38H26Br3NO. The van der Waals surface area contributed by atoms with Crippen LogP contribution in [0.15, 0.2) is 171 Å². The molecule has 0 unspecified atom stereocenters. The zero-order valence-corrected chi connectivity index (χ0v) is 27.8. The lowest BCUT2D eigenvalue weighted by Crippen LogP contribution is -2.00. The summed E-state index contributed by atoms with van der Waals surface area (Å²) in [6, 6.07) is 52.9. The molecule has 0 bridgehead atoms. The molecule has 43 heavy (non-hydrogen) atoms. The number of carbonyl (C=O) groups excluding carboxylic acids is 1. The van der Waals surface area contributed by atoms with Crippen LogP contribution < -0.4 is 0 Å². The molecule has 6 aromatic rings. The topological polar surface area (TPSA) is 40.9 Å². The van der Waals surface area contributed by atoms with Crippen LogP contribution in [0.3, 0.4) is 0 Å². The highest BCUT2D eigenvalue weighted by Crippen LogP contribution is 2.26. The molecule has 0 amide bonds. The van der Waals surface area contributed by atoms with Gasteiger partial charge in [0.05, 0.1) is 11.6 Å². The fraction of sp³-hybridized carbons (Fsp3) is 0. The zero-order valence-electron chi connectivity index (χ0n) is 23.0. The number of halogens is 3. The molecule has 0 saturated carbocycles. The van der Waals surface area contributed by atoms with Crippen LogP contribution in [-0.4, -0.2) is 5.78 Å². The molecule has 0 radical (unpaired) electrons. The molecule has 0 fully saturated rings. The third-order valence-corrected chi connectivity index (χ3v) is 7.68. The Morgan fingerprint density at radius 2 is 0.814 bits per heavy atom. The van der Waals surface area contributed by atoms with E-state index in [2.05, 4.69) is 72.1 Å². The van der Waals surface area contributed by atoms with Gasteiger partial charge >= 0.3 is 0 Å². The van der Waals surface area contributed by atoms with E-state index in [0.29, 0.717) is 16.7 Å². The first-order valence-corrected chi connectivity index (χ1v) is 15.7. The zero-order chi connectivity index (χ0) is 30.4. The molecule has 5 heteroatoms. The van der Waals surface area contributed by atoms with Crippen molar-refractivity contribution in [1.82, 2.24) is 0 Å². The van der Waals surface area contributed by atoms with Crippen LogP contribution in [0.5, 0.6) is 0 Å². The van der Waals surface area contributed by atoms with Crippen molar-refractivity contribution in [1.29, 1.82) is 5.26 Å². The number of nitrogens with zero attached hydrogens (tertiary/aromatic N) is 1. The number of hydrogen-bond donors (Lipinski definition) is 0. The predicted molar refractivity (Wildman–Crippen MR) is 188 cm³/mol. The molecule has 6 rings (SSSR count). The van der Waals surface area contributed by atoms with E-state index >= 15 is 0 Å². The van der Waals surface area contributed by atoms with Crippen molar-refractivity contribution >= 4 is 53.6 Å². The molecule has 0 saturated heterocycles. The van der Waals surface area contributed by atoms with Crippen LogP contribution in [0.25, 0.3) is 22.3 Å². The Labute approximate surface area is 278 Å². The van der Waals surface area contributed by atoms with Crippen LogP contribution in [0.2, 0.25) is 0 Å². The Bertz CT molecular complexity index is 1790. The van der Waals surface area contributed by atoms with Crippen LogP contribution in [-0.2, 0) is 0 Å². The van der Waals surface area contributed by atoms with Gasteiger partial charge < -0.3 is 0 Å². The number of carbonyl (C=O) groups is 1. The van der Waals surface area contributed by atoms with E-state index in [4.69, 9.17) is 5.26 Å². The molecule has 0 aliphatic heterocycles. The van der Waals surface area contributed by atoms with Crippen LogP contribution in [0, 0.1) is 11.3 Å². The van der Waals surface area contributed by atoms with Crippen molar-refractivity contribution in [2.75, 3.05) is 0 Å². The third-order valence-electron chi connectivity index (χ3n) is 6.20. The molecule has 0 N–H and O–H groups in total. The summed E-state index contributed by atoms with van der Waals surface area (Å²) in [7, 11) is 0. The predicted octanol–water partition coefficient (Wildman–Crippen LogP) is 11.8. The molecule has 210 valence electrons. The SMILES string of the molecule is Brc1cccc(-c2cccc(Br)c2)c1.N#Cc1ccccc1.O=C(c1ccccc1)c1cccc(-c2cccc(Br)c2)c1. The number of nitriles is 1. The maximum atomic E-state index is 12.5. The molecule has 2 nitrogen and oxygen atoms in total. The summed E-state index contributed by atoms with van der Waals surface area (Å²) in [5.74, 6) is 0.0486. The minimum atomic E-state index is 0.0486. The van der Waals surface area contributed by atoms with Gasteiger partial charge in [0.1, 0.15) is 0 Å². The van der Waals surface area contributed by atoms with E-state index in [1.807, 2.05) is 127 Å². The first-order valence-electron chi connectivity index (χ1n) is 13.4. The second-order valence-electron chi connectivity index (χ2n) is 9.28. The van der Waals surface area contributed by atoms with Crippen molar-refractivity contribution in [2.24, 2.45) is 0 Å². The van der Waals surface area contributed by atoms with Crippen LogP contribution >= 0.6 is 47.8 Å². The molecule has 6 aromatic carbocycles. The molecule has 0 heterocycles. The minimum Gasteiger partial charge on any atom is -0.289 e. The van der Waals surface area contributed by atoms with Gasteiger partial charge in [0, 0.05) is 24.5 Å². The summed E-state index contributed by atoms with van der Waals surface area (Å²) in [5, 5.41) is 8.29. The fourth-order valence-electron chi connectivity index (χ4n) is 4.11. The Morgan fingerprint density at radius 3 is 1.21 bits per heavy atom. The lowest BCUT2D eigenvalue weighted by molar-refractivity contribution is 0.103. The van der Waals surface area contributed by atoms with Gasteiger partial charge in [0.2, 0.25) is 0 Å². The molecule has 0 aliphatic carbocycles. The van der Waals surface area contributed by atoms with E-state index < -0.39 is 0 Å². The number of ketones is 1. The molecule has 0 atom stereocenters. The highest BCUT2D eigenvalue weighted by Gasteiger charge is 2.09. The van der Waals surface area contributed by atoms with Gasteiger partial charge in [0.15, 0.2) is 5.78 Å². The minimum absolute atomic E-state index is 0.0486. The summed E-state index contributed by atoms with van der Waals surface area (Å²) in [5.41, 5.74) is 6.71. The lowest BCUT2D eigenvalue weighted by atomic mass is 9.98. The first-order chi connectivity index (χ1) is 20.9. The monoisotopic (exact) mass is 749 g/mol. The Balaban J connectivity index is 0.000000165. The largest absolute Gasteiger partial charge is 0.289 e. The Kier molecular flexibility index (Phi) is 12.2. The Hall–Kier alpha value is -4.08. The number of rotatable bonds is 4. The summed E-state index contributed by atoms with van der Waals surface area (Å²) < 4.78 is 3.24. The normalized spacial score (nSPS) is 9.81. The molecular weight excluding hydrogens is 726 g/mol. The van der Waals surface area contributed by atoms with Gasteiger partial charge in [-0.1, -0.05) is 151 Å². The highest BCUT2D eigenvalue weighted by atomic mass is 79.9. The van der Waals surface area contributed by atoms with Gasteiger partial charge in [-0.2, -0.15) is 5.26 Å². The first kappa shape index (κ1) is 31.8. The summed E-state index contributed by atoms with van der Waals surface area (Å²) in [6.45, 7) is 0. The second kappa shape index (κ2) is 16.5. The average molecular weight is 752 g/mol. The number of benzene rings is 6. The molecule has 0 aliphatic rings. The highest BCUT2D eigenvalue weighted by molar-refractivity contribution is 9.11. The van der Waals surface area contributed by atoms with Crippen LogP contribution in [0.1, 0.15) is 21.5 Å². The van der Waals surface area contributed by atoms with Gasteiger partial charge in [-0.25, -0.2) is 0 Å². The van der Waals surface area contributed by atoms with Gasteiger partial charge in [-0.15, -0.1) is 0 Å². The van der Waals surface area contributed by atoms with E-state index in [1.165, 1.54) is 11.1 Å². The maximum absolute atomic E-state index is 12.5. The van der Waals surface area contributed by atoms with Crippen molar-refractivity contribution < 1.29 is 4.79 Å². The average Bonchev–Trinajstić information content (AvgIpc) is 3.06. The lowest BCUT2D eigenvalue weighted by Gasteiger charge is -2.06. The van der Waals surface area contributed by atoms with E-state index in [-0.39, 0.29) is 5.78 Å². The van der Waals surface area contributed by atoms with Gasteiger partial charge in [-0.05, 0) is 76.9 Å². The fourth-order valence-corrected chi connectivity index (χ4v) is 5.31. The summed E-state index contributed by atoms with van der Waals surface area (Å²) in [4.78, 5) is 12.5. The summed E-state index contributed by atoms with van der Waals surface area (Å²) in [6.07, 6.45) is 0. The maximum Gasteiger partial charge on any atom is 0.193 e. The van der Waals surface area contributed by atoms with Crippen molar-refractivity contribution in [3.05, 3.63) is 188 Å². The Morgan fingerprint density at radius 1 is 0.442 bits per heavy atom. The van der Waals surface area contributed by atoms with Gasteiger partial charge in [-0.3, -0.25) is 4.79 Å². The van der Waals surface area contributed by atoms with E-state index in [9.17, 15) is 4.79 Å². The van der Waals surface area contributed by atoms with Crippen molar-refractivity contribution in [3.63, 3.8) is 0 Å². The van der Waals surface area contributed by atoms with Crippen LogP contribution in [0.4, 0.5) is 0 Å². The van der Waals surface area contributed by atoms with E-state index in [0.717, 1.165) is 24.5 Å². The third kappa shape index (κ3) is 10.0.